The molecule has 2 N–H and O–H groups in total. The van der Waals surface area contributed by atoms with Crippen LogP contribution in [-0.2, 0) is 14.3 Å². The predicted molar refractivity (Wildman–Crippen MR) is 107 cm³/mol. The summed E-state index contributed by atoms with van der Waals surface area (Å²) in [6.07, 6.45) is -0.254. The van der Waals surface area contributed by atoms with Gasteiger partial charge in [0.05, 0.1) is 18.8 Å². The fourth-order valence-electron chi connectivity index (χ4n) is 2.81. The molecule has 0 aliphatic rings. The first kappa shape index (κ1) is 22.0. The molecule has 0 fully saturated rings. The molecule has 0 radical (unpaired) electrons. The molecule has 1 aromatic heterocycles. The van der Waals surface area contributed by atoms with Gasteiger partial charge in [0, 0.05) is 11.4 Å². The van der Waals surface area contributed by atoms with Crippen molar-refractivity contribution in [2.75, 3.05) is 19.0 Å². The van der Waals surface area contributed by atoms with Crippen LogP contribution in [0.15, 0.2) is 18.2 Å². The topological polar surface area (TPSA) is 107 Å². The quantitative estimate of drug-likeness (QED) is 0.688. The van der Waals surface area contributed by atoms with E-state index in [0.29, 0.717) is 34.0 Å². The Hall–Kier alpha value is -3.29. The van der Waals surface area contributed by atoms with E-state index in [0.717, 1.165) is 5.56 Å². The molecule has 2 rings (SSSR count). The van der Waals surface area contributed by atoms with Gasteiger partial charge in [0.15, 0.2) is 6.61 Å². The lowest BCUT2D eigenvalue weighted by Gasteiger charge is -2.11. The molecular formula is C21H26N2O6. The molecule has 0 bridgehead atoms. The highest BCUT2D eigenvalue weighted by atomic mass is 16.6. The molecule has 156 valence electrons. The van der Waals surface area contributed by atoms with Crippen molar-refractivity contribution in [2.45, 2.75) is 40.7 Å². The van der Waals surface area contributed by atoms with Crippen LogP contribution < -0.4 is 10.1 Å². The number of methoxy groups -OCH3 is 1. The van der Waals surface area contributed by atoms with Gasteiger partial charge in [-0.15, -0.1) is 0 Å². The number of aromatic nitrogens is 1. The highest BCUT2D eigenvalue weighted by Gasteiger charge is 2.24. The second kappa shape index (κ2) is 9.27. The van der Waals surface area contributed by atoms with Crippen molar-refractivity contribution < 1.29 is 28.6 Å². The van der Waals surface area contributed by atoms with Crippen LogP contribution in [0.4, 0.5) is 5.69 Å². The zero-order valence-corrected chi connectivity index (χ0v) is 17.5. The van der Waals surface area contributed by atoms with Crippen LogP contribution in [0.2, 0.25) is 0 Å². The highest BCUT2D eigenvalue weighted by Crippen LogP contribution is 2.24. The van der Waals surface area contributed by atoms with E-state index in [1.807, 2.05) is 0 Å². The van der Waals surface area contributed by atoms with Crippen LogP contribution in [0.1, 0.15) is 51.5 Å². The van der Waals surface area contributed by atoms with Gasteiger partial charge in [-0.05, 0) is 63.9 Å². The van der Waals surface area contributed by atoms with Crippen molar-refractivity contribution in [3.63, 3.8) is 0 Å². The molecular weight excluding hydrogens is 376 g/mol. The van der Waals surface area contributed by atoms with Gasteiger partial charge in [0.1, 0.15) is 11.4 Å². The molecule has 1 amide bonds. The Bertz CT molecular complexity index is 929. The maximum atomic E-state index is 12.7. The second-order valence-corrected chi connectivity index (χ2v) is 6.87. The summed E-state index contributed by atoms with van der Waals surface area (Å²) in [6, 6.07) is 5.03. The third kappa shape index (κ3) is 5.37. The molecule has 1 heterocycles. The number of anilines is 1. The van der Waals surface area contributed by atoms with Gasteiger partial charge in [-0.25, -0.2) is 9.59 Å². The summed E-state index contributed by atoms with van der Waals surface area (Å²) in [5.41, 5.74) is 3.10. The highest BCUT2D eigenvalue weighted by molar-refractivity contribution is 6.07. The van der Waals surface area contributed by atoms with Crippen LogP contribution in [0.3, 0.4) is 0 Å². The second-order valence-electron chi connectivity index (χ2n) is 6.87. The smallest absolute Gasteiger partial charge is 0.343 e. The first-order valence-electron chi connectivity index (χ1n) is 9.15. The molecule has 2 aromatic rings. The Morgan fingerprint density at radius 2 is 1.83 bits per heavy atom. The Morgan fingerprint density at radius 3 is 2.41 bits per heavy atom. The lowest BCUT2D eigenvalue weighted by molar-refractivity contribution is -0.142. The largest absolute Gasteiger partial charge is 0.482 e. The monoisotopic (exact) mass is 402 g/mol. The molecule has 1 aromatic carbocycles. The third-order valence-electron chi connectivity index (χ3n) is 4.24. The lowest BCUT2D eigenvalue weighted by atomic mass is 10.1. The number of hydrogen-bond donors (Lipinski definition) is 2. The average molecular weight is 402 g/mol. The van der Waals surface area contributed by atoms with Crippen molar-refractivity contribution in [1.29, 1.82) is 0 Å². The summed E-state index contributed by atoms with van der Waals surface area (Å²) in [7, 11) is 1.29. The van der Waals surface area contributed by atoms with E-state index >= 15 is 0 Å². The molecule has 8 nitrogen and oxygen atoms in total. The molecule has 0 saturated carbocycles. The predicted octanol–water partition coefficient (Wildman–Crippen LogP) is 3.31. The number of ether oxygens (including phenoxy) is 3. The molecule has 0 aliphatic heterocycles. The maximum absolute atomic E-state index is 12.7. The van der Waals surface area contributed by atoms with E-state index in [9.17, 15) is 14.4 Å². The van der Waals surface area contributed by atoms with Gasteiger partial charge in [-0.1, -0.05) is 0 Å². The summed E-state index contributed by atoms with van der Waals surface area (Å²) in [4.78, 5) is 39.2. The number of aryl methyl sites for hydroxylation is 2. The van der Waals surface area contributed by atoms with Crippen molar-refractivity contribution in [3.05, 3.63) is 46.3 Å². The number of carbonyl (C=O) groups is 3. The van der Waals surface area contributed by atoms with Gasteiger partial charge in [-0.2, -0.15) is 0 Å². The van der Waals surface area contributed by atoms with Crippen molar-refractivity contribution in [1.82, 2.24) is 4.98 Å². The number of hydrogen-bond acceptors (Lipinski definition) is 6. The molecule has 0 atom stereocenters. The molecule has 8 heteroatoms. The van der Waals surface area contributed by atoms with E-state index in [4.69, 9.17) is 9.47 Å². The van der Waals surface area contributed by atoms with E-state index in [1.165, 1.54) is 7.11 Å². The molecule has 0 saturated heterocycles. The lowest BCUT2D eigenvalue weighted by Crippen LogP contribution is -2.16. The normalized spacial score (nSPS) is 10.6. The third-order valence-corrected chi connectivity index (χ3v) is 4.24. The van der Waals surface area contributed by atoms with Gasteiger partial charge in [0.25, 0.3) is 5.91 Å². The minimum absolute atomic E-state index is 0.197. The molecule has 0 spiro atoms. The summed E-state index contributed by atoms with van der Waals surface area (Å²) in [5.74, 6) is -0.838. The summed E-state index contributed by atoms with van der Waals surface area (Å²) in [6.45, 7) is 8.57. The summed E-state index contributed by atoms with van der Waals surface area (Å²) >= 11 is 0. The summed E-state index contributed by atoms with van der Waals surface area (Å²) in [5, 5.41) is 2.82. The van der Waals surface area contributed by atoms with E-state index in [2.05, 4.69) is 15.0 Å². The van der Waals surface area contributed by atoms with Gasteiger partial charge in [0.2, 0.25) is 0 Å². The minimum atomic E-state index is -0.482. The molecule has 29 heavy (non-hydrogen) atoms. The van der Waals surface area contributed by atoms with E-state index < -0.39 is 11.9 Å². The first-order valence-corrected chi connectivity index (χ1v) is 9.15. The zero-order chi connectivity index (χ0) is 21.7. The summed E-state index contributed by atoms with van der Waals surface area (Å²) < 4.78 is 15.1. The van der Waals surface area contributed by atoms with Gasteiger partial charge >= 0.3 is 11.9 Å². The van der Waals surface area contributed by atoms with Crippen molar-refractivity contribution in [3.8, 4) is 5.75 Å². The maximum Gasteiger partial charge on any atom is 0.343 e. The van der Waals surface area contributed by atoms with Crippen LogP contribution in [-0.4, -0.2) is 42.7 Å². The first-order chi connectivity index (χ1) is 13.6. The number of H-pyrrole nitrogens is 1. The SMILES string of the molecule is COC(=O)COc1ccc(NC(=O)c2[nH]c(C)c(C(=O)OC(C)C)c2C)c(C)c1. The number of nitrogens with one attached hydrogen (secondary N) is 2. The van der Waals surface area contributed by atoms with Gasteiger partial charge < -0.3 is 24.5 Å². The standard InChI is InChI=1S/C21H26N2O6/c1-11(2)29-21(26)18-13(4)19(22-14(18)5)20(25)23-16-8-7-15(9-12(16)3)28-10-17(24)27-6/h7-9,11,22H,10H2,1-6H3,(H,23,25). The van der Waals surface area contributed by atoms with Gasteiger partial charge in [-0.3, -0.25) is 4.79 Å². The zero-order valence-electron chi connectivity index (χ0n) is 17.5. The van der Waals surface area contributed by atoms with Crippen molar-refractivity contribution >= 4 is 23.5 Å². The Balaban J connectivity index is 2.16. The molecule has 0 unspecified atom stereocenters. The number of esters is 2. The number of rotatable bonds is 7. The van der Waals surface area contributed by atoms with E-state index in [-0.39, 0.29) is 18.6 Å². The Morgan fingerprint density at radius 1 is 1.14 bits per heavy atom. The van der Waals surface area contributed by atoms with E-state index in [1.54, 1.807) is 52.8 Å². The van der Waals surface area contributed by atoms with Crippen LogP contribution in [0.5, 0.6) is 5.75 Å². The molecule has 0 aliphatic carbocycles. The van der Waals surface area contributed by atoms with Crippen molar-refractivity contribution in [2.24, 2.45) is 0 Å². The Kier molecular flexibility index (Phi) is 7.03. The number of benzene rings is 1. The minimum Gasteiger partial charge on any atom is -0.482 e. The number of amides is 1. The van der Waals surface area contributed by atoms with Crippen LogP contribution in [0.25, 0.3) is 0 Å². The van der Waals surface area contributed by atoms with Crippen LogP contribution >= 0.6 is 0 Å². The number of carbonyl (C=O) groups excluding carboxylic acids is 3. The number of aromatic amines is 1. The fraction of sp³-hybridized carbons (Fsp3) is 0.381. The van der Waals surface area contributed by atoms with Crippen LogP contribution in [0, 0.1) is 20.8 Å². The Labute approximate surface area is 169 Å². The fourth-order valence-corrected chi connectivity index (χ4v) is 2.81. The average Bonchev–Trinajstić information content (AvgIpc) is 2.95.